The van der Waals surface area contributed by atoms with Gasteiger partial charge in [-0.15, -0.1) is 0 Å². The highest BCUT2D eigenvalue weighted by atomic mass is 16.5. The molecule has 8 nitrogen and oxygen atoms in total. The van der Waals surface area contributed by atoms with Gasteiger partial charge in [0.25, 0.3) is 11.8 Å². The molecular formula is C37H44N4O4. The summed E-state index contributed by atoms with van der Waals surface area (Å²) in [7, 11) is 0. The van der Waals surface area contributed by atoms with Gasteiger partial charge in [-0.05, 0) is 79.1 Å². The molecular weight excluding hydrogens is 564 g/mol. The van der Waals surface area contributed by atoms with Crippen LogP contribution in [0.3, 0.4) is 0 Å². The number of rotatable bonds is 9. The molecule has 1 N–H and O–H groups in total. The fourth-order valence-corrected chi connectivity index (χ4v) is 6.90. The van der Waals surface area contributed by atoms with Gasteiger partial charge in [0, 0.05) is 68.9 Å². The minimum atomic E-state index is -0.509. The lowest BCUT2D eigenvalue weighted by Gasteiger charge is -2.37. The van der Waals surface area contributed by atoms with Gasteiger partial charge in [-0.25, -0.2) is 4.99 Å². The number of hydrogen-bond donors (Lipinski definition) is 1. The third kappa shape index (κ3) is 6.88. The zero-order valence-electron chi connectivity index (χ0n) is 26.7. The van der Waals surface area contributed by atoms with Crippen LogP contribution in [-0.2, 0) is 20.8 Å². The summed E-state index contributed by atoms with van der Waals surface area (Å²) in [6, 6.07) is 21.1. The van der Waals surface area contributed by atoms with E-state index in [4.69, 9.17) is 9.47 Å². The molecule has 1 unspecified atom stereocenters. The maximum absolute atomic E-state index is 14.0. The number of aliphatic imine (C=N–C) groups is 1. The Labute approximate surface area is 266 Å². The van der Waals surface area contributed by atoms with Crippen molar-refractivity contribution in [2.75, 3.05) is 57.5 Å². The Hall–Kier alpha value is -3.85. The fraction of sp³-hybridized carbons (Fsp3) is 0.432. The van der Waals surface area contributed by atoms with Gasteiger partial charge in [-0.2, -0.15) is 0 Å². The normalized spacial score (nSPS) is 19.1. The first kappa shape index (κ1) is 31.1. The standard InChI is InChI=1S/C37H44N4O4/c1-4-41(30-13-17-44-18-14-30)35-22-29(28-11-9-27(10-12-28)24-40-15-19-45-20-16-40)21-33(25(35)2)36(42)38-23-34-32-8-6-5-7-31(32)26(3)39-37(34)43/h5-12,21-22,30,34H,4,13-20,23-24H2,1-3H3,(H,38,42). The third-order valence-corrected chi connectivity index (χ3v) is 9.47. The van der Waals surface area contributed by atoms with Crippen LogP contribution < -0.4 is 10.2 Å². The average Bonchev–Trinajstić information content (AvgIpc) is 3.07. The molecule has 45 heavy (non-hydrogen) atoms. The molecule has 2 fully saturated rings. The number of benzene rings is 3. The van der Waals surface area contributed by atoms with E-state index in [-0.39, 0.29) is 18.4 Å². The minimum Gasteiger partial charge on any atom is -0.381 e. The lowest BCUT2D eigenvalue weighted by molar-refractivity contribution is -0.119. The Kier molecular flexibility index (Phi) is 9.73. The maximum atomic E-state index is 14.0. The smallest absolute Gasteiger partial charge is 0.255 e. The predicted molar refractivity (Wildman–Crippen MR) is 178 cm³/mol. The summed E-state index contributed by atoms with van der Waals surface area (Å²) in [6.45, 7) is 13.0. The molecule has 3 aliphatic heterocycles. The summed E-state index contributed by atoms with van der Waals surface area (Å²) in [5.41, 5.74) is 8.57. The first-order chi connectivity index (χ1) is 21.9. The van der Waals surface area contributed by atoms with Gasteiger partial charge in [0.2, 0.25) is 0 Å². The van der Waals surface area contributed by atoms with Crippen LogP contribution in [0.2, 0.25) is 0 Å². The van der Waals surface area contributed by atoms with Gasteiger partial charge in [0.15, 0.2) is 0 Å². The van der Waals surface area contributed by atoms with Crippen molar-refractivity contribution in [2.45, 2.75) is 52.1 Å². The number of carbonyl (C=O) groups excluding carboxylic acids is 2. The number of fused-ring (bicyclic) bond motifs is 1. The van der Waals surface area contributed by atoms with E-state index in [9.17, 15) is 9.59 Å². The van der Waals surface area contributed by atoms with Crippen molar-refractivity contribution in [3.05, 3.63) is 88.5 Å². The molecule has 3 aromatic carbocycles. The van der Waals surface area contributed by atoms with E-state index in [1.165, 1.54) is 5.56 Å². The van der Waals surface area contributed by atoms with E-state index in [1.54, 1.807) is 0 Å². The Morgan fingerprint density at radius 1 is 0.956 bits per heavy atom. The largest absolute Gasteiger partial charge is 0.381 e. The highest BCUT2D eigenvalue weighted by molar-refractivity contribution is 6.11. The molecule has 0 saturated carbocycles. The Morgan fingerprint density at radius 3 is 2.40 bits per heavy atom. The highest BCUT2D eigenvalue weighted by Crippen LogP contribution is 2.34. The van der Waals surface area contributed by atoms with Crippen LogP contribution in [0.25, 0.3) is 11.1 Å². The fourth-order valence-electron chi connectivity index (χ4n) is 6.90. The Bertz CT molecular complexity index is 1560. The highest BCUT2D eigenvalue weighted by Gasteiger charge is 2.29. The van der Waals surface area contributed by atoms with Crippen LogP contribution in [0.15, 0.2) is 65.7 Å². The van der Waals surface area contributed by atoms with Crippen LogP contribution in [0, 0.1) is 6.92 Å². The Balaban J connectivity index is 1.30. The summed E-state index contributed by atoms with van der Waals surface area (Å²) in [6.07, 6.45) is 1.91. The van der Waals surface area contributed by atoms with Gasteiger partial charge in [-0.1, -0.05) is 48.5 Å². The van der Waals surface area contributed by atoms with E-state index in [0.29, 0.717) is 11.6 Å². The van der Waals surface area contributed by atoms with Crippen molar-refractivity contribution in [3.8, 4) is 11.1 Å². The molecule has 0 bridgehead atoms. The molecule has 2 saturated heterocycles. The van der Waals surface area contributed by atoms with Crippen LogP contribution in [0.1, 0.15) is 65.2 Å². The second kappa shape index (κ2) is 14.1. The van der Waals surface area contributed by atoms with Gasteiger partial charge in [0.1, 0.15) is 0 Å². The zero-order chi connectivity index (χ0) is 31.3. The summed E-state index contributed by atoms with van der Waals surface area (Å²) >= 11 is 0. The molecule has 1 atom stereocenters. The van der Waals surface area contributed by atoms with E-state index < -0.39 is 5.92 Å². The quantitative estimate of drug-likeness (QED) is 0.352. The number of ether oxygens (including phenoxy) is 2. The van der Waals surface area contributed by atoms with Crippen LogP contribution in [0.5, 0.6) is 0 Å². The van der Waals surface area contributed by atoms with Crippen molar-refractivity contribution in [1.29, 1.82) is 0 Å². The van der Waals surface area contributed by atoms with Gasteiger partial charge >= 0.3 is 0 Å². The van der Waals surface area contributed by atoms with Crippen LogP contribution >= 0.6 is 0 Å². The van der Waals surface area contributed by atoms with Crippen molar-refractivity contribution in [1.82, 2.24) is 10.2 Å². The van der Waals surface area contributed by atoms with Crippen molar-refractivity contribution >= 4 is 23.2 Å². The van der Waals surface area contributed by atoms with Crippen molar-refractivity contribution < 1.29 is 19.1 Å². The summed E-state index contributed by atoms with van der Waals surface area (Å²) < 4.78 is 11.2. The van der Waals surface area contributed by atoms with E-state index in [1.807, 2.05) is 44.2 Å². The average molecular weight is 609 g/mol. The molecule has 0 radical (unpaired) electrons. The first-order valence-corrected chi connectivity index (χ1v) is 16.3. The number of carbonyl (C=O) groups is 2. The molecule has 3 heterocycles. The molecule has 0 spiro atoms. The Morgan fingerprint density at radius 2 is 1.67 bits per heavy atom. The van der Waals surface area contributed by atoms with Crippen LogP contribution in [0.4, 0.5) is 5.69 Å². The molecule has 3 aromatic rings. The molecule has 236 valence electrons. The van der Waals surface area contributed by atoms with Gasteiger partial charge in [0.05, 0.1) is 19.1 Å². The molecule has 8 heteroatoms. The topological polar surface area (TPSA) is 83.5 Å². The maximum Gasteiger partial charge on any atom is 0.255 e. The lowest BCUT2D eigenvalue weighted by Crippen LogP contribution is -2.40. The van der Waals surface area contributed by atoms with E-state index >= 15 is 0 Å². The number of nitrogens with zero attached hydrogens (tertiary/aromatic N) is 3. The zero-order valence-corrected chi connectivity index (χ0v) is 26.7. The molecule has 0 aliphatic carbocycles. The number of nitrogens with one attached hydrogen (secondary N) is 1. The second-order valence-corrected chi connectivity index (χ2v) is 12.3. The van der Waals surface area contributed by atoms with Crippen molar-refractivity contribution in [2.24, 2.45) is 4.99 Å². The summed E-state index contributed by atoms with van der Waals surface area (Å²) in [5, 5.41) is 3.11. The lowest BCUT2D eigenvalue weighted by atomic mass is 9.88. The number of morpholine rings is 1. The van der Waals surface area contributed by atoms with Crippen LogP contribution in [-0.4, -0.2) is 81.1 Å². The molecule has 2 amide bonds. The number of amides is 2. The predicted octanol–water partition coefficient (Wildman–Crippen LogP) is 5.36. The van der Waals surface area contributed by atoms with Gasteiger partial charge in [-0.3, -0.25) is 14.5 Å². The second-order valence-electron chi connectivity index (χ2n) is 12.3. The molecule has 6 rings (SSSR count). The number of hydrogen-bond acceptors (Lipinski definition) is 6. The van der Waals surface area contributed by atoms with Gasteiger partial charge < -0.3 is 19.7 Å². The summed E-state index contributed by atoms with van der Waals surface area (Å²) in [5.74, 6) is -0.907. The molecule has 3 aliphatic rings. The summed E-state index contributed by atoms with van der Waals surface area (Å²) in [4.78, 5) is 36.1. The number of anilines is 1. The first-order valence-electron chi connectivity index (χ1n) is 16.3. The van der Waals surface area contributed by atoms with Crippen molar-refractivity contribution in [3.63, 3.8) is 0 Å². The minimum absolute atomic E-state index is 0.181. The SMILES string of the molecule is CCN(c1cc(-c2ccc(CN3CCOCC3)cc2)cc(C(=O)NCC2C(=O)N=C(C)c3ccccc32)c1C)C1CCOCC1. The third-order valence-electron chi connectivity index (χ3n) is 9.47. The molecule has 0 aromatic heterocycles. The van der Waals surface area contributed by atoms with E-state index in [0.717, 1.165) is 105 Å². The van der Waals surface area contributed by atoms with E-state index in [2.05, 4.69) is 57.4 Å². The monoisotopic (exact) mass is 608 g/mol.